The fourth-order valence-electron chi connectivity index (χ4n) is 2.46. The summed E-state index contributed by atoms with van der Waals surface area (Å²) in [7, 11) is 0. The molecule has 0 heterocycles. The third-order valence-electron chi connectivity index (χ3n) is 3.64. The molecule has 0 aliphatic heterocycles. The van der Waals surface area contributed by atoms with Gasteiger partial charge >= 0.3 is 0 Å². The first-order valence-corrected chi connectivity index (χ1v) is 6.86. The summed E-state index contributed by atoms with van der Waals surface area (Å²) >= 11 is 0. The number of rotatable bonds is 4. The molecule has 0 saturated heterocycles. The van der Waals surface area contributed by atoms with Crippen LogP contribution in [0.1, 0.15) is 44.6 Å². The first-order chi connectivity index (χ1) is 8.70. The van der Waals surface area contributed by atoms with E-state index >= 15 is 0 Å². The van der Waals surface area contributed by atoms with Crippen molar-refractivity contribution in [1.29, 1.82) is 0 Å². The van der Waals surface area contributed by atoms with Gasteiger partial charge in [-0.2, -0.15) is 0 Å². The Labute approximate surface area is 109 Å². The summed E-state index contributed by atoms with van der Waals surface area (Å²) in [6, 6.07) is 6.65. The van der Waals surface area contributed by atoms with Gasteiger partial charge in [-0.1, -0.05) is 25.8 Å². The molecular weight excluding hydrogens is 224 g/mol. The molecule has 1 aromatic carbocycles. The normalized spacial score (nSPS) is 15.7. The van der Waals surface area contributed by atoms with Crippen LogP contribution in [0.2, 0.25) is 0 Å². The highest BCUT2D eigenvalue weighted by Crippen LogP contribution is 2.27. The van der Waals surface area contributed by atoms with Crippen LogP contribution < -0.4 is 10.6 Å². The lowest BCUT2D eigenvalue weighted by atomic mass is 10.1. The van der Waals surface area contributed by atoms with Gasteiger partial charge in [0, 0.05) is 23.8 Å². The largest absolute Gasteiger partial charge is 0.382 e. The molecule has 98 valence electrons. The van der Waals surface area contributed by atoms with E-state index in [1.165, 1.54) is 25.7 Å². The van der Waals surface area contributed by atoms with Crippen molar-refractivity contribution in [3.8, 4) is 0 Å². The van der Waals surface area contributed by atoms with Crippen LogP contribution in [-0.2, 0) is 4.79 Å². The van der Waals surface area contributed by atoms with Gasteiger partial charge in [0.2, 0.25) is 5.91 Å². The molecule has 3 heteroatoms. The van der Waals surface area contributed by atoms with Crippen LogP contribution in [0.5, 0.6) is 0 Å². The maximum atomic E-state index is 11.5. The number of amides is 1. The summed E-state index contributed by atoms with van der Waals surface area (Å²) in [6.07, 6.45) is 5.67. The zero-order chi connectivity index (χ0) is 13.0. The number of carbonyl (C=O) groups is 1. The molecule has 2 N–H and O–H groups in total. The van der Waals surface area contributed by atoms with Crippen LogP contribution >= 0.6 is 0 Å². The molecule has 0 spiro atoms. The highest BCUT2D eigenvalue weighted by atomic mass is 16.1. The zero-order valence-electron chi connectivity index (χ0n) is 11.3. The van der Waals surface area contributed by atoms with Crippen molar-refractivity contribution >= 4 is 17.3 Å². The van der Waals surface area contributed by atoms with E-state index in [0.717, 1.165) is 16.9 Å². The Morgan fingerprint density at radius 1 is 1.28 bits per heavy atom. The predicted molar refractivity (Wildman–Crippen MR) is 76.0 cm³/mol. The van der Waals surface area contributed by atoms with Crippen LogP contribution in [-0.4, -0.2) is 11.9 Å². The molecule has 0 unspecified atom stereocenters. The fourth-order valence-corrected chi connectivity index (χ4v) is 2.46. The maximum Gasteiger partial charge on any atom is 0.224 e. The van der Waals surface area contributed by atoms with Crippen LogP contribution in [0.3, 0.4) is 0 Å². The Balaban J connectivity index is 2.10. The second-order valence-electron chi connectivity index (χ2n) is 5.01. The maximum absolute atomic E-state index is 11.5. The van der Waals surface area contributed by atoms with E-state index in [9.17, 15) is 4.79 Å². The average Bonchev–Trinajstić information content (AvgIpc) is 2.87. The summed E-state index contributed by atoms with van der Waals surface area (Å²) in [5.74, 6) is 0.0658. The monoisotopic (exact) mass is 246 g/mol. The Kier molecular flexibility index (Phi) is 4.24. The number of nitrogens with one attached hydrogen (secondary N) is 2. The Morgan fingerprint density at radius 3 is 2.61 bits per heavy atom. The Hall–Kier alpha value is -1.51. The fraction of sp³-hybridized carbons (Fsp3) is 0.533. The molecule has 1 aliphatic carbocycles. The standard InChI is InChI=1S/C15H22N2O/c1-3-15(18)17-14-10-6-9-13(11(14)2)16-12-7-4-5-8-12/h6,9-10,12,16H,3-5,7-8H2,1-2H3,(H,17,18). The summed E-state index contributed by atoms with van der Waals surface area (Å²) in [4.78, 5) is 11.5. The Bertz CT molecular complexity index is 423. The number of benzene rings is 1. The summed E-state index contributed by atoms with van der Waals surface area (Å²) in [6.45, 7) is 3.92. The van der Waals surface area contributed by atoms with Crippen LogP contribution in [0.25, 0.3) is 0 Å². The quantitative estimate of drug-likeness (QED) is 0.850. The molecule has 2 rings (SSSR count). The van der Waals surface area contributed by atoms with Gasteiger partial charge in [-0.25, -0.2) is 0 Å². The number of hydrogen-bond donors (Lipinski definition) is 2. The molecular formula is C15H22N2O. The average molecular weight is 246 g/mol. The molecule has 0 atom stereocenters. The third kappa shape index (κ3) is 3.03. The van der Waals surface area contributed by atoms with Crippen LogP contribution in [0.4, 0.5) is 11.4 Å². The van der Waals surface area contributed by atoms with E-state index in [2.05, 4.69) is 23.6 Å². The van der Waals surface area contributed by atoms with Crippen LogP contribution in [0.15, 0.2) is 18.2 Å². The van der Waals surface area contributed by atoms with Gasteiger partial charge in [0.15, 0.2) is 0 Å². The molecule has 1 aliphatic rings. The minimum absolute atomic E-state index is 0.0658. The molecule has 3 nitrogen and oxygen atoms in total. The smallest absolute Gasteiger partial charge is 0.224 e. The SMILES string of the molecule is CCC(=O)Nc1cccc(NC2CCCC2)c1C. The van der Waals surface area contributed by atoms with Crippen molar-refractivity contribution in [2.75, 3.05) is 10.6 Å². The highest BCUT2D eigenvalue weighted by Gasteiger charge is 2.16. The van der Waals surface area contributed by atoms with Crippen molar-refractivity contribution in [2.24, 2.45) is 0 Å². The molecule has 0 bridgehead atoms. The number of carbonyl (C=O) groups excluding carboxylic acids is 1. The first kappa shape index (κ1) is 12.9. The topological polar surface area (TPSA) is 41.1 Å². The van der Waals surface area contributed by atoms with Gasteiger partial charge in [-0.05, 0) is 37.5 Å². The molecule has 0 aromatic heterocycles. The minimum atomic E-state index is 0.0658. The number of hydrogen-bond acceptors (Lipinski definition) is 2. The summed E-state index contributed by atoms with van der Waals surface area (Å²) in [5.41, 5.74) is 3.20. The highest BCUT2D eigenvalue weighted by molar-refractivity contribution is 5.92. The van der Waals surface area contributed by atoms with Gasteiger partial charge in [0.25, 0.3) is 0 Å². The zero-order valence-corrected chi connectivity index (χ0v) is 11.3. The number of anilines is 2. The molecule has 1 amide bonds. The second-order valence-corrected chi connectivity index (χ2v) is 5.01. The molecule has 1 aromatic rings. The van der Waals surface area contributed by atoms with E-state index in [-0.39, 0.29) is 5.91 Å². The summed E-state index contributed by atoms with van der Waals surface area (Å²) in [5, 5.41) is 6.54. The van der Waals surface area contributed by atoms with Crippen molar-refractivity contribution in [3.05, 3.63) is 23.8 Å². The lowest BCUT2D eigenvalue weighted by molar-refractivity contribution is -0.115. The molecule has 18 heavy (non-hydrogen) atoms. The molecule has 1 fully saturated rings. The van der Waals surface area contributed by atoms with E-state index in [1.807, 2.05) is 19.1 Å². The first-order valence-electron chi connectivity index (χ1n) is 6.86. The van der Waals surface area contributed by atoms with Gasteiger partial charge in [-0.3, -0.25) is 4.79 Å². The summed E-state index contributed by atoms with van der Waals surface area (Å²) < 4.78 is 0. The van der Waals surface area contributed by atoms with Crippen molar-refractivity contribution in [1.82, 2.24) is 0 Å². The lowest BCUT2D eigenvalue weighted by Crippen LogP contribution is -2.16. The van der Waals surface area contributed by atoms with Gasteiger partial charge in [-0.15, -0.1) is 0 Å². The van der Waals surface area contributed by atoms with E-state index < -0.39 is 0 Å². The van der Waals surface area contributed by atoms with Crippen molar-refractivity contribution in [3.63, 3.8) is 0 Å². The van der Waals surface area contributed by atoms with Crippen molar-refractivity contribution < 1.29 is 4.79 Å². The molecule has 1 saturated carbocycles. The van der Waals surface area contributed by atoms with E-state index in [0.29, 0.717) is 12.5 Å². The van der Waals surface area contributed by atoms with Gasteiger partial charge in [0.1, 0.15) is 0 Å². The molecule has 0 radical (unpaired) electrons. The third-order valence-corrected chi connectivity index (χ3v) is 3.64. The van der Waals surface area contributed by atoms with Crippen molar-refractivity contribution in [2.45, 2.75) is 52.0 Å². The van der Waals surface area contributed by atoms with E-state index in [4.69, 9.17) is 0 Å². The van der Waals surface area contributed by atoms with Gasteiger partial charge in [0.05, 0.1) is 0 Å². The van der Waals surface area contributed by atoms with E-state index in [1.54, 1.807) is 0 Å². The predicted octanol–water partition coefficient (Wildman–Crippen LogP) is 3.70. The Morgan fingerprint density at radius 2 is 1.94 bits per heavy atom. The lowest BCUT2D eigenvalue weighted by Gasteiger charge is -2.18. The van der Waals surface area contributed by atoms with Gasteiger partial charge < -0.3 is 10.6 Å². The van der Waals surface area contributed by atoms with Crippen LogP contribution in [0, 0.1) is 6.92 Å². The minimum Gasteiger partial charge on any atom is -0.382 e. The second kappa shape index (κ2) is 5.89.